The van der Waals surface area contributed by atoms with Crippen LogP contribution in [0.4, 0.5) is 17.5 Å². The van der Waals surface area contributed by atoms with E-state index in [2.05, 4.69) is 76.3 Å². The third kappa shape index (κ3) is 9.07. The molecule has 3 aromatic heterocycles. The van der Waals surface area contributed by atoms with Gasteiger partial charge in [0.1, 0.15) is 17.5 Å². The number of anilines is 3. The molecule has 3 fully saturated rings. The molecule has 0 radical (unpaired) electrons. The number of hydrogen-bond acceptors (Lipinski definition) is 11. The van der Waals surface area contributed by atoms with Crippen LogP contribution in [0.2, 0.25) is 0 Å². The van der Waals surface area contributed by atoms with Gasteiger partial charge in [-0.25, -0.2) is 15.0 Å². The molecule has 2 atom stereocenters. The van der Waals surface area contributed by atoms with Gasteiger partial charge < -0.3 is 31.5 Å². The highest BCUT2D eigenvalue weighted by Crippen LogP contribution is 2.32. The molecule has 0 saturated carbocycles. The first-order valence-electron chi connectivity index (χ1n) is 17.1. The molecule has 11 heteroatoms. The predicted octanol–water partition coefficient (Wildman–Crippen LogP) is 5.23. The molecule has 3 saturated heterocycles. The monoisotopic (exact) mass is 661 g/mol. The zero-order valence-electron chi connectivity index (χ0n) is 27.5. The molecule has 1 unspecified atom stereocenters. The number of rotatable bonds is 10. The number of pyridine rings is 3. The lowest BCUT2D eigenvalue weighted by Crippen LogP contribution is -2.43. The molecule has 0 amide bonds. The molecular formula is C35H51N9S2. The Labute approximate surface area is 283 Å². The van der Waals surface area contributed by atoms with Gasteiger partial charge in [0.2, 0.25) is 0 Å². The van der Waals surface area contributed by atoms with Gasteiger partial charge in [0.25, 0.3) is 0 Å². The predicted molar refractivity (Wildman–Crippen MR) is 194 cm³/mol. The summed E-state index contributed by atoms with van der Waals surface area (Å²) in [4.78, 5) is 22.4. The maximum absolute atomic E-state index is 6.40. The molecule has 3 aliphatic heterocycles. The lowest BCUT2D eigenvalue weighted by Gasteiger charge is -2.32. The van der Waals surface area contributed by atoms with Gasteiger partial charge in [-0.3, -0.25) is 0 Å². The van der Waals surface area contributed by atoms with E-state index in [1.807, 2.05) is 11.8 Å². The second-order valence-electron chi connectivity index (χ2n) is 13.3. The fourth-order valence-electron chi connectivity index (χ4n) is 6.48. The van der Waals surface area contributed by atoms with Crippen LogP contribution in [-0.2, 0) is 11.5 Å². The average Bonchev–Trinajstić information content (AvgIpc) is 3.36. The summed E-state index contributed by atoms with van der Waals surface area (Å²) in [5, 5.41) is 5.60. The topological polar surface area (TPSA) is 112 Å². The van der Waals surface area contributed by atoms with Crippen molar-refractivity contribution in [1.29, 1.82) is 0 Å². The minimum atomic E-state index is 0.193. The number of nitrogens with one attached hydrogen (secondary N) is 1. The second-order valence-corrected chi connectivity index (χ2v) is 15.3. The first-order valence-corrected chi connectivity index (χ1v) is 19.1. The van der Waals surface area contributed by atoms with Gasteiger partial charge in [-0.1, -0.05) is 19.9 Å². The van der Waals surface area contributed by atoms with Crippen molar-refractivity contribution in [2.24, 2.45) is 11.5 Å². The van der Waals surface area contributed by atoms with Gasteiger partial charge in [0, 0.05) is 75.1 Å². The fourth-order valence-corrected chi connectivity index (χ4v) is 8.17. The first-order chi connectivity index (χ1) is 22.4. The number of aromatic nitrogens is 3. The van der Waals surface area contributed by atoms with Crippen LogP contribution in [-0.4, -0.2) is 79.4 Å². The van der Waals surface area contributed by atoms with E-state index >= 15 is 0 Å². The van der Waals surface area contributed by atoms with Crippen molar-refractivity contribution in [2.45, 2.75) is 85.5 Å². The standard InChI is InChI=1S/C35H51N9S2/c1-25(2)30-17-26(18-32(39-30)43-13-4-7-28(36)21-43)23-46-35-20-27(19-33(41-35)44-14-5-8-29(37)22-44)24-45-34-10-3-9-31(40-34)42-15-6-11-38-12-16-42/h3,9-10,17-20,25,28-29,38H,4-8,11-16,21-24,36-37H2,1-2H3/t28-,29?/m1/s1. The summed E-state index contributed by atoms with van der Waals surface area (Å²) in [6.45, 7) is 12.3. The SMILES string of the molecule is CC(C)c1cc(CSc2cc(CSc3cccc(N4CCCNCC4)n3)cc(N3CCCC(N)C3)n2)cc(N2CCC[C@@H](N)C2)n1. The molecule has 0 aliphatic carbocycles. The molecule has 3 aliphatic rings. The summed E-state index contributed by atoms with van der Waals surface area (Å²) in [5.74, 6) is 5.21. The zero-order valence-corrected chi connectivity index (χ0v) is 29.2. The Balaban J connectivity index is 1.20. The van der Waals surface area contributed by atoms with E-state index in [1.54, 1.807) is 11.8 Å². The van der Waals surface area contributed by atoms with E-state index in [4.69, 9.17) is 26.4 Å². The Morgan fingerprint density at radius 1 is 0.717 bits per heavy atom. The van der Waals surface area contributed by atoms with Gasteiger partial charge >= 0.3 is 0 Å². The van der Waals surface area contributed by atoms with E-state index in [-0.39, 0.29) is 12.1 Å². The number of thioether (sulfide) groups is 2. The molecule has 46 heavy (non-hydrogen) atoms. The van der Waals surface area contributed by atoms with Crippen molar-refractivity contribution >= 4 is 41.0 Å². The largest absolute Gasteiger partial charge is 0.355 e. The summed E-state index contributed by atoms with van der Waals surface area (Å²) in [5.41, 5.74) is 16.4. The van der Waals surface area contributed by atoms with Crippen molar-refractivity contribution in [2.75, 3.05) is 67.1 Å². The van der Waals surface area contributed by atoms with E-state index in [1.165, 1.54) is 11.1 Å². The van der Waals surface area contributed by atoms with E-state index in [9.17, 15) is 0 Å². The fraction of sp³-hybridized carbons (Fsp3) is 0.571. The molecule has 0 bridgehead atoms. The highest BCUT2D eigenvalue weighted by atomic mass is 32.2. The van der Waals surface area contributed by atoms with Crippen LogP contribution in [0.15, 0.2) is 52.5 Å². The van der Waals surface area contributed by atoms with Gasteiger partial charge in [0.05, 0.1) is 10.1 Å². The lowest BCUT2D eigenvalue weighted by molar-refractivity contribution is 0.502. The number of piperidine rings is 2. The number of hydrogen-bond donors (Lipinski definition) is 3. The smallest absolute Gasteiger partial charge is 0.130 e. The van der Waals surface area contributed by atoms with Gasteiger partial charge in [-0.15, -0.1) is 23.5 Å². The molecule has 5 N–H and O–H groups in total. The molecule has 248 valence electrons. The summed E-state index contributed by atoms with van der Waals surface area (Å²) in [6.07, 6.45) is 5.53. The van der Waals surface area contributed by atoms with Crippen LogP contribution in [0.1, 0.15) is 68.7 Å². The quantitative estimate of drug-likeness (QED) is 0.248. The van der Waals surface area contributed by atoms with Crippen LogP contribution in [0.3, 0.4) is 0 Å². The Bertz CT molecular complexity index is 1430. The normalized spacial score (nSPS) is 21.1. The first kappa shape index (κ1) is 33.3. The van der Waals surface area contributed by atoms with E-state index in [0.717, 1.165) is 129 Å². The number of nitrogens with zero attached hydrogens (tertiary/aromatic N) is 6. The molecule has 6 rings (SSSR count). The average molecular weight is 662 g/mol. The van der Waals surface area contributed by atoms with Crippen molar-refractivity contribution in [3.63, 3.8) is 0 Å². The lowest BCUT2D eigenvalue weighted by atomic mass is 10.1. The maximum atomic E-state index is 6.40. The summed E-state index contributed by atoms with van der Waals surface area (Å²) < 4.78 is 0. The minimum absolute atomic E-state index is 0.193. The minimum Gasteiger partial charge on any atom is -0.355 e. The van der Waals surface area contributed by atoms with Gasteiger partial charge in [0.15, 0.2) is 0 Å². The molecule has 6 heterocycles. The zero-order chi connectivity index (χ0) is 31.9. The van der Waals surface area contributed by atoms with Gasteiger partial charge in [-0.05, 0) is 92.1 Å². The highest BCUT2D eigenvalue weighted by Gasteiger charge is 2.21. The van der Waals surface area contributed by atoms with Crippen molar-refractivity contribution < 1.29 is 0 Å². The highest BCUT2D eigenvalue weighted by molar-refractivity contribution is 7.98. The number of nitrogens with two attached hydrogens (primary N) is 2. The maximum Gasteiger partial charge on any atom is 0.130 e. The van der Waals surface area contributed by atoms with E-state index in [0.29, 0.717) is 5.92 Å². The van der Waals surface area contributed by atoms with Crippen LogP contribution in [0.5, 0.6) is 0 Å². The van der Waals surface area contributed by atoms with Crippen LogP contribution < -0.4 is 31.5 Å². The molecule has 0 spiro atoms. The Kier molecular flexibility index (Phi) is 11.6. The van der Waals surface area contributed by atoms with Crippen LogP contribution >= 0.6 is 23.5 Å². The Morgan fingerprint density at radius 3 is 2.04 bits per heavy atom. The Morgan fingerprint density at radius 2 is 1.35 bits per heavy atom. The van der Waals surface area contributed by atoms with Crippen molar-refractivity contribution in [3.05, 3.63) is 59.3 Å². The molecular weight excluding hydrogens is 611 g/mol. The van der Waals surface area contributed by atoms with Gasteiger partial charge in [-0.2, -0.15) is 0 Å². The third-order valence-electron chi connectivity index (χ3n) is 9.04. The van der Waals surface area contributed by atoms with Crippen molar-refractivity contribution in [3.8, 4) is 0 Å². The molecule has 9 nitrogen and oxygen atoms in total. The molecule has 3 aromatic rings. The van der Waals surface area contributed by atoms with Crippen LogP contribution in [0, 0.1) is 0 Å². The molecule has 0 aromatic carbocycles. The summed E-state index contributed by atoms with van der Waals surface area (Å²) in [7, 11) is 0. The second kappa shape index (κ2) is 16.0. The van der Waals surface area contributed by atoms with Crippen molar-refractivity contribution in [1.82, 2.24) is 20.3 Å². The summed E-state index contributed by atoms with van der Waals surface area (Å²) >= 11 is 3.61. The Hall–Kier alpha value is -2.57. The van der Waals surface area contributed by atoms with E-state index < -0.39 is 0 Å². The summed E-state index contributed by atoms with van der Waals surface area (Å²) in [6, 6.07) is 15.9. The third-order valence-corrected chi connectivity index (χ3v) is 11.0. The van der Waals surface area contributed by atoms with Crippen LogP contribution in [0.25, 0.3) is 0 Å².